The van der Waals surface area contributed by atoms with Crippen molar-refractivity contribution in [2.75, 3.05) is 0 Å². The average molecular weight is 283 g/mol. The molecule has 4 heteroatoms. The molecular formula is C15H25NO2S. The highest BCUT2D eigenvalue weighted by Crippen LogP contribution is 2.44. The molecule has 0 spiro atoms. The Morgan fingerprint density at radius 1 is 1.47 bits per heavy atom. The predicted octanol–water partition coefficient (Wildman–Crippen LogP) is 3.76. The lowest BCUT2D eigenvalue weighted by Crippen LogP contribution is -2.32. The van der Waals surface area contributed by atoms with Gasteiger partial charge in [-0.05, 0) is 19.3 Å². The maximum atomic E-state index is 11.4. The molecule has 2 N–H and O–H groups in total. The summed E-state index contributed by atoms with van der Waals surface area (Å²) in [7, 11) is 0. The lowest BCUT2D eigenvalue weighted by molar-refractivity contribution is -0.133. The van der Waals surface area contributed by atoms with Crippen LogP contribution < -0.4 is 5.32 Å². The van der Waals surface area contributed by atoms with Gasteiger partial charge in [0.1, 0.15) is 5.70 Å². The summed E-state index contributed by atoms with van der Waals surface area (Å²) in [4.78, 5) is 12.5. The number of carboxylic acid groups (broad SMARTS) is 1. The van der Waals surface area contributed by atoms with Crippen LogP contribution in [0.5, 0.6) is 0 Å². The van der Waals surface area contributed by atoms with Crippen LogP contribution in [0.3, 0.4) is 0 Å². The van der Waals surface area contributed by atoms with Crippen LogP contribution in [0.1, 0.15) is 58.8 Å². The van der Waals surface area contributed by atoms with Crippen molar-refractivity contribution in [3.63, 3.8) is 0 Å². The molecule has 3 nitrogen and oxygen atoms in total. The van der Waals surface area contributed by atoms with Gasteiger partial charge in [0, 0.05) is 22.1 Å². The predicted molar refractivity (Wildman–Crippen MR) is 80.1 cm³/mol. The van der Waals surface area contributed by atoms with E-state index in [1.54, 1.807) is 11.8 Å². The van der Waals surface area contributed by atoms with Crippen LogP contribution in [0.15, 0.2) is 10.6 Å². The highest BCUT2D eigenvalue weighted by atomic mass is 32.2. The summed E-state index contributed by atoms with van der Waals surface area (Å²) in [5.74, 6) is -0.325. The van der Waals surface area contributed by atoms with Gasteiger partial charge >= 0.3 is 5.97 Å². The zero-order chi connectivity index (χ0) is 13.8. The number of hydrogen-bond donors (Lipinski definition) is 2. The number of unbranched alkanes of at least 4 members (excludes halogenated alkanes) is 1. The van der Waals surface area contributed by atoms with E-state index in [0.29, 0.717) is 22.9 Å². The van der Waals surface area contributed by atoms with Gasteiger partial charge in [0.25, 0.3) is 0 Å². The molecule has 3 atom stereocenters. The third kappa shape index (κ3) is 3.47. The maximum absolute atomic E-state index is 11.4. The molecular weight excluding hydrogens is 258 g/mol. The van der Waals surface area contributed by atoms with Gasteiger partial charge in [0.05, 0.1) is 0 Å². The molecule has 19 heavy (non-hydrogen) atoms. The van der Waals surface area contributed by atoms with Crippen LogP contribution >= 0.6 is 11.8 Å². The molecule has 1 saturated carbocycles. The van der Waals surface area contributed by atoms with Crippen molar-refractivity contribution < 1.29 is 9.90 Å². The maximum Gasteiger partial charge on any atom is 0.352 e. The third-order valence-electron chi connectivity index (χ3n) is 4.19. The van der Waals surface area contributed by atoms with Crippen molar-refractivity contribution in [2.24, 2.45) is 5.92 Å². The van der Waals surface area contributed by atoms with E-state index in [4.69, 9.17) is 0 Å². The topological polar surface area (TPSA) is 49.3 Å². The van der Waals surface area contributed by atoms with Crippen LogP contribution in [-0.2, 0) is 4.79 Å². The largest absolute Gasteiger partial charge is 0.477 e. The van der Waals surface area contributed by atoms with Gasteiger partial charge in [-0.1, -0.05) is 39.5 Å². The Morgan fingerprint density at radius 3 is 2.89 bits per heavy atom. The molecule has 1 fully saturated rings. The van der Waals surface area contributed by atoms with Gasteiger partial charge in [-0.25, -0.2) is 4.79 Å². The fourth-order valence-corrected chi connectivity index (χ4v) is 4.58. The number of rotatable bonds is 6. The van der Waals surface area contributed by atoms with E-state index in [1.165, 1.54) is 32.1 Å². The fraction of sp³-hybridized carbons (Fsp3) is 0.800. The summed E-state index contributed by atoms with van der Waals surface area (Å²) in [5.41, 5.74) is 0.491. The first kappa shape index (κ1) is 14.8. The normalized spacial score (nSPS) is 27.9. The van der Waals surface area contributed by atoms with E-state index in [2.05, 4.69) is 19.2 Å². The Balaban J connectivity index is 2.07. The van der Waals surface area contributed by atoms with E-state index in [0.717, 1.165) is 17.7 Å². The van der Waals surface area contributed by atoms with E-state index < -0.39 is 5.97 Å². The molecule has 1 aliphatic heterocycles. The number of carboxylic acids is 1. The summed E-state index contributed by atoms with van der Waals surface area (Å²) in [6, 6.07) is 0.376. The summed E-state index contributed by atoms with van der Waals surface area (Å²) in [5, 5.41) is 13.2. The molecule has 0 bridgehead atoms. The Morgan fingerprint density at radius 2 is 2.21 bits per heavy atom. The quantitative estimate of drug-likeness (QED) is 0.779. The molecule has 0 aromatic heterocycles. The van der Waals surface area contributed by atoms with Gasteiger partial charge < -0.3 is 10.4 Å². The van der Waals surface area contributed by atoms with E-state index in [-0.39, 0.29) is 0 Å². The second-order valence-electron chi connectivity index (χ2n) is 5.76. The fourth-order valence-electron chi connectivity index (χ4n) is 3.14. The van der Waals surface area contributed by atoms with Crippen LogP contribution in [0.25, 0.3) is 0 Å². The van der Waals surface area contributed by atoms with Gasteiger partial charge in [0.15, 0.2) is 0 Å². The van der Waals surface area contributed by atoms with Crippen molar-refractivity contribution in [3.8, 4) is 0 Å². The first-order valence-electron chi connectivity index (χ1n) is 7.54. The Bertz CT molecular complexity index is 367. The molecule has 108 valence electrons. The van der Waals surface area contributed by atoms with Crippen molar-refractivity contribution in [1.29, 1.82) is 0 Å². The Labute approximate surface area is 120 Å². The van der Waals surface area contributed by atoms with Gasteiger partial charge in [0.2, 0.25) is 0 Å². The molecule has 2 aliphatic rings. The van der Waals surface area contributed by atoms with E-state index in [9.17, 15) is 9.90 Å². The second kappa shape index (κ2) is 6.69. The summed E-state index contributed by atoms with van der Waals surface area (Å²) in [6.07, 6.45) is 8.35. The van der Waals surface area contributed by atoms with Gasteiger partial charge in [-0.2, -0.15) is 0 Å². The molecule has 0 amide bonds. The highest BCUT2D eigenvalue weighted by molar-refractivity contribution is 8.03. The molecule has 1 aliphatic carbocycles. The number of hydrogen-bond acceptors (Lipinski definition) is 3. The molecule has 0 aromatic rings. The highest BCUT2D eigenvalue weighted by Gasteiger charge is 2.39. The molecule has 2 rings (SSSR count). The minimum Gasteiger partial charge on any atom is -0.477 e. The van der Waals surface area contributed by atoms with Crippen LogP contribution in [0.2, 0.25) is 0 Å². The van der Waals surface area contributed by atoms with Crippen molar-refractivity contribution in [3.05, 3.63) is 10.6 Å². The zero-order valence-corrected chi connectivity index (χ0v) is 12.8. The molecule has 0 aromatic carbocycles. The standard InChI is InChI=1S/C15H25NO2S/c1-3-4-7-10(2)19-14-11-8-5-6-9-12(11)16-13(14)15(17)18/h10-12,16H,3-9H2,1-2H3,(H,17,18). The smallest absolute Gasteiger partial charge is 0.352 e. The van der Waals surface area contributed by atoms with Crippen LogP contribution in [-0.4, -0.2) is 22.4 Å². The monoisotopic (exact) mass is 283 g/mol. The second-order valence-corrected chi connectivity index (χ2v) is 7.24. The summed E-state index contributed by atoms with van der Waals surface area (Å²) in [6.45, 7) is 4.43. The molecule has 3 unspecified atom stereocenters. The van der Waals surface area contributed by atoms with Gasteiger partial charge in [-0.15, -0.1) is 11.8 Å². The summed E-state index contributed by atoms with van der Waals surface area (Å²) < 4.78 is 0. The molecule has 0 saturated heterocycles. The number of nitrogens with one attached hydrogen (secondary N) is 1. The van der Waals surface area contributed by atoms with Gasteiger partial charge in [-0.3, -0.25) is 0 Å². The molecule has 1 heterocycles. The van der Waals surface area contributed by atoms with Crippen molar-refractivity contribution in [2.45, 2.75) is 70.1 Å². The van der Waals surface area contributed by atoms with Crippen LogP contribution in [0, 0.1) is 5.92 Å². The van der Waals surface area contributed by atoms with Crippen molar-refractivity contribution >= 4 is 17.7 Å². The minimum atomic E-state index is -0.778. The van der Waals surface area contributed by atoms with Crippen molar-refractivity contribution in [1.82, 2.24) is 5.32 Å². The van der Waals surface area contributed by atoms with E-state index in [1.807, 2.05) is 0 Å². The Kier molecular flexibility index (Phi) is 5.20. The number of aliphatic carboxylic acids is 1. The number of thioether (sulfide) groups is 1. The number of carbonyl (C=O) groups is 1. The summed E-state index contributed by atoms with van der Waals surface area (Å²) >= 11 is 1.81. The minimum absolute atomic E-state index is 0.376. The van der Waals surface area contributed by atoms with Crippen LogP contribution in [0.4, 0.5) is 0 Å². The lowest BCUT2D eigenvalue weighted by atomic mass is 9.86. The first-order valence-corrected chi connectivity index (χ1v) is 8.42. The SMILES string of the molecule is CCCCC(C)SC1=C(C(=O)O)NC2CCCCC12. The Hall–Kier alpha value is -0.640. The number of fused-ring (bicyclic) bond motifs is 1. The zero-order valence-electron chi connectivity index (χ0n) is 11.9. The first-order chi connectivity index (χ1) is 9.13. The van der Waals surface area contributed by atoms with E-state index >= 15 is 0 Å². The average Bonchev–Trinajstić information content (AvgIpc) is 2.76. The molecule has 0 radical (unpaired) electrons. The third-order valence-corrected chi connectivity index (χ3v) is 5.58. The lowest BCUT2D eigenvalue weighted by Gasteiger charge is -2.27.